The van der Waals surface area contributed by atoms with E-state index in [4.69, 9.17) is 14.2 Å². The monoisotopic (exact) mass is 531 g/mol. The lowest BCUT2D eigenvalue weighted by Gasteiger charge is -2.23. The predicted octanol–water partition coefficient (Wildman–Crippen LogP) is 5.61. The number of hydrogen-bond donors (Lipinski definition) is 1. The van der Waals surface area contributed by atoms with E-state index in [-0.39, 0.29) is 24.8 Å². The van der Waals surface area contributed by atoms with E-state index in [0.717, 1.165) is 22.4 Å². The summed E-state index contributed by atoms with van der Waals surface area (Å²) in [6, 6.07) is 21.8. The molecule has 206 valence electrons. The number of rotatable bonds is 14. The molecule has 39 heavy (non-hydrogen) atoms. The Morgan fingerprint density at radius 2 is 1.62 bits per heavy atom. The molecule has 0 aliphatic rings. The van der Waals surface area contributed by atoms with E-state index < -0.39 is 11.4 Å². The third kappa shape index (κ3) is 9.69. The highest BCUT2D eigenvalue weighted by molar-refractivity contribution is 5.99. The van der Waals surface area contributed by atoms with Gasteiger partial charge in [0.2, 0.25) is 5.91 Å². The third-order valence-electron chi connectivity index (χ3n) is 6.31. The quantitative estimate of drug-likeness (QED) is 0.126. The van der Waals surface area contributed by atoms with Crippen molar-refractivity contribution in [2.24, 2.45) is 5.41 Å². The predicted molar refractivity (Wildman–Crippen MR) is 150 cm³/mol. The minimum absolute atomic E-state index is 0.117. The second-order valence-electron chi connectivity index (χ2n) is 10.2. The van der Waals surface area contributed by atoms with Crippen molar-refractivity contribution in [1.82, 2.24) is 5.32 Å². The van der Waals surface area contributed by atoms with Crippen molar-refractivity contribution >= 4 is 17.7 Å². The van der Waals surface area contributed by atoms with Crippen LogP contribution in [0, 0.1) is 19.3 Å². The molecule has 0 fully saturated rings. The first kappa shape index (κ1) is 29.6. The Kier molecular flexibility index (Phi) is 10.8. The van der Waals surface area contributed by atoms with Crippen LogP contribution in [-0.2, 0) is 20.9 Å². The summed E-state index contributed by atoms with van der Waals surface area (Å²) in [7, 11) is 0. The van der Waals surface area contributed by atoms with Crippen molar-refractivity contribution < 1.29 is 28.6 Å². The number of ketones is 1. The summed E-state index contributed by atoms with van der Waals surface area (Å²) < 4.78 is 16.5. The molecule has 7 heteroatoms. The largest absolute Gasteiger partial charge is 0.493 e. The fourth-order valence-corrected chi connectivity index (χ4v) is 3.87. The lowest BCUT2D eigenvalue weighted by molar-refractivity contribution is -0.140. The van der Waals surface area contributed by atoms with Gasteiger partial charge in [0.25, 0.3) is 0 Å². The lowest BCUT2D eigenvalue weighted by atomic mass is 9.87. The maximum Gasteiger partial charge on any atom is 0.337 e. The molecule has 0 saturated carbocycles. The van der Waals surface area contributed by atoms with Crippen molar-refractivity contribution in [3.63, 3.8) is 0 Å². The number of ether oxygens (including phenoxy) is 3. The zero-order valence-electron chi connectivity index (χ0n) is 23.1. The van der Waals surface area contributed by atoms with Crippen molar-refractivity contribution in [2.75, 3.05) is 19.8 Å². The summed E-state index contributed by atoms with van der Waals surface area (Å²) in [4.78, 5) is 37.4. The van der Waals surface area contributed by atoms with Gasteiger partial charge in [-0.3, -0.25) is 9.59 Å². The molecular formula is C32H37NO6. The van der Waals surface area contributed by atoms with Gasteiger partial charge in [-0.1, -0.05) is 56.3 Å². The molecule has 0 atom stereocenters. The minimum Gasteiger partial charge on any atom is -0.493 e. The van der Waals surface area contributed by atoms with Crippen LogP contribution < -0.4 is 14.8 Å². The minimum atomic E-state index is -0.647. The molecule has 0 saturated heterocycles. The first-order valence-corrected chi connectivity index (χ1v) is 13.1. The van der Waals surface area contributed by atoms with Crippen molar-refractivity contribution in [3.8, 4) is 11.5 Å². The van der Waals surface area contributed by atoms with Gasteiger partial charge < -0.3 is 19.5 Å². The second-order valence-corrected chi connectivity index (χ2v) is 10.2. The molecule has 0 bridgehead atoms. The Morgan fingerprint density at radius 3 is 2.33 bits per heavy atom. The number of hydrogen-bond acceptors (Lipinski definition) is 6. The molecule has 0 spiro atoms. The van der Waals surface area contributed by atoms with Crippen molar-refractivity contribution in [1.29, 1.82) is 0 Å². The van der Waals surface area contributed by atoms with E-state index in [9.17, 15) is 14.4 Å². The van der Waals surface area contributed by atoms with Crippen LogP contribution in [0.5, 0.6) is 11.5 Å². The van der Waals surface area contributed by atoms with Crippen LogP contribution in [0.2, 0.25) is 0 Å². The molecule has 0 aromatic heterocycles. The Hall–Kier alpha value is -3.97. The van der Waals surface area contributed by atoms with Crippen LogP contribution in [0.4, 0.5) is 0 Å². The Bertz CT molecular complexity index is 1250. The van der Waals surface area contributed by atoms with Gasteiger partial charge in [-0.15, -0.1) is 0 Å². The summed E-state index contributed by atoms with van der Waals surface area (Å²) in [6.45, 7) is 8.27. The Morgan fingerprint density at radius 1 is 0.897 bits per heavy atom. The van der Waals surface area contributed by atoms with Crippen LogP contribution in [0.25, 0.3) is 0 Å². The smallest absolute Gasteiger partial charge is 0.337 e. The zero-order chi connectivity index (χ0) is 28.3. The highest BCUT2D eigenvalue weighted by atomic mass is 16.6. The van der Waals surface area contributed by atoms with E-state index in [1.54, 1.807) is 24.3 Å². The molecule has 3 aromatic rings. The van der Waals surface area contributed by atoms with E-state index in [1.165, 1.54) is 0 Å². The van der Waals surface area contributed by atoms with Gasteiger partial charge in [-0.25, -0.2) is 4.79 Å². The Balaban J connectivity index is 1.37. The number of amides is 1. The highest BCUT2D eigenvalue weighted by Gasteiger charge is 2.27. The average molecular weight is 532 g/mol. The van der Waals surface area contributed by atoms with Crippen molar-refractivity contribution in [2.45, 2.75) is 47.1 Å². The molecule has 0 radical (unpaired) electrons. The molecule has 3 aromatic carbocycles. The van der Waals surface area contributed by atoms with Gasteiger partial charge in [0.05, 0.1) is 19.8 Å². The highest BCUT2D eigenvalue weighted by Crippen LogP contribution is 2.24. The molecule has 3 rings (SSSR count). The van der Waals surface area contributed by atoms with Crippen LogP contribution in [-0.4, -0.2) is 37.4 Å². The number of carbonyl (C=O) groups is 3. The first-order valence-electron chi connectivity index (χ1n) is 13.1. The molecule has 0 aliphatic carbocycles. The van der Waals surface area contributed by atoms with Gasteiger partial charge in [-0.2, -0.15) is 0 Å². The standard InChI is InChI=1S/C32H37NO6/c1-23-11-12-24(2)29(19-23)38-18-8-17-32(3,4)31(36)33-20-28(34)26-13-15-27(16-14-26)39-30(35)22-37-21-25-9-6-5-7-10-25/h5-7,9-16,19H,8,17-18,20-22H2,1-4H3,(H,33,36). The number of aryl methyl sites for hydroxylation is 2. The molecule has 0 unspecified atom stereocenters. The summed E-state index contributed by atoms with van der Waals surface area (Å²) >= 11 is 0. The van der Waals surface area contributed by atoms with E-state index >= 15 is 0 Å². The van der Waals surface area contributed by atoms with Crippen LogP contribution in [0.3, 0.4) is 0 Å². The summed E-state index contributed by atoms with van der Waals surface area (Å²) in [6.07, 6.45) is 1.33. The molecule has 7 nitrogen and oxygen atoms in total. The fraction of sp³-hybridized carbons (Fsp3) is 0.344. The second kappa shape index (κ2) is 14.3. The normalized spacial score (nSPS) is 11.1. The average Bonchev–Trinajstić information content (AvgIpc) is 2.92. The molecule has 1 N–H and O–H groups in total. The van der Waals surface area contributed by atoms with Crippen molar-refractivity contribution in [3.05, 3.63) is 95.1 Å². The molecule has 0 heterocycles. The molecular weight excluding hydrogens is 494 g/mol. The third-order valence-corrected chi connectivity index (χ3v) is 6.31. The summed E-state index contributed by atoms with van der Waals surface area (Å²) in [5, 5.41) is 2.75. The maximum absolute atomic E-state index is 12.7. The Labute approximate surface area is 230 Å². The van der Waals surface area contributed by atoms with Crippen LogP contribution >= 0.6 is 0 Å². The first-order chi connectivity index (χ1) is 18.6. The van der Waals surface area contributed by atoms with Crippen LogP contribution in [0.15, 0.2) is 72.8 Å². The fourth-order valence-electron chi connectivity index (χ4n) is 3.87. The number of esters is 1. The number of carbonyl (C=O) groups excluding carboxylic acids is 3. The molecule has 1 amide bonds. The maximum atomic E-state index is 12.7. The van der Waals surface area contributed by atoms with E-state index in [0.29, 0.717) is 37.4 Å². The number of benzene rings is 3. The lowest BCUT2D eigenvalue weighted by Crippen LogP contribution is -2.39. The summed E-state index contributed by atoms with van der Waals surface area (Å²) in [5.74, 6) is 0.220. The topological polar surface area (TPSA) is 90.9 Å². The zero-order valence-corrected chi connectivity index (χ0v) is 23.1. The van der Waals surface area contributed by atoms with Gasteiger partial charge in [-0.05, 0) is 73.7 Å². The number of nitrogens with one attached hydrogen (secondary N) is 1. The van der Waals surface area contributed by atoms with Gasteiger partial charge in [0, 0.05) is 11.0 Å². The molecule has 0 aliphatic heterocycles. The van der Waals surface area contributed by atoms with Gasteiger partial charge in [0.1, 0.15) is 18.1 Å². The van der Waals surface area contributed by atoms with Crippen LogP contribution in [0.1, 0.15) is 53.7 Å². The summed E-state index contributed by atoms with van der Waals surface area (Å²) in [5.41, 5.74) is 2.95. The van der Waals surface area contributed by atoms with E-state index in [1.807, 2.05) is 76.2 Å². The van der Waals surface area contributed by atoms with Gasteiger partial charge in [0.15, 0.2) is 5.78 Å². The van der Waals surface area contributed by atoms with Gasteiger partial charge >= 0.3 is 5.97 Å². The SMILES string of the molecule is Cc1ccc(C)c(OCCCC(C)(C)C(=O)NCC(=O)c2ccc(OC(=O)COCc3ccccc3)cc2)c1. The number of Topliss-reactive ketones (excluding diaryl/α,β-unsaturated/α-hetero) is 1. The van der Waals surface area contributed by atoms with E-state index in [2.05, 4.69) is 5.32 Å².